The molecule has 7 nitrogen and oxygen atoms in total. The minimum atomic E-state index is -0.0599. The van der Waals surface area contributed by atoms with Crippen LogP contribution < -0.4 is 5.32 Å². The smallest absolute Gasteiger partial charge is 0.217 e. The highest BCUT2D eigenvalue weighted by Gasteiger charge is 2.28. The number of carbonyl (C=O) groups is 1. The lowest BCUT2D eigenvalue weighted by Gasteiger charge is -2.23. The summed E-state index contributed by atoms with van der Waals surface area (Å²) in [6.07, 6.45) is 9.10. The Morgan fingerprint density at radius 1 is 1.30 bits per heavy atom. The van der Waals surface area contributed by atoms with Gasteiger partial charge in [0.05, 0.1) is 24.0 Å². The van der Waals surface area contributed by atoms with Crippen molar-refractivity contribution in [1.82, 2.24) is 30.2 Å². The van der Waals surface area contributed by atoms with Crippen LogP contribution in [0.15, 0.2) is 30.9 Å². The Labute approximate surface area is 135 Å². The number of carbonyl (C=O) groups excluding carboxylic acids is 1. The van der Waals surface area contributed by atoms with Gasteiger partial charge < -0.3 is 5.32 Å². The largest absolute Gasteiger partial charge is 0.351 e. The van der Waals surface area contributed by atoms with Crippen LogP contribution in [-0.4, -0.2) is 37.3 Å². The molecule has 2 aromatic heterocycles. The third-order valence-electron chi connectivity index (χ3n) is 3.89. The molecule has 3 rings (SSSR count). The Bertz CT molecular complexity index is 663. The first kappa shape index (κ1) is 15.5. The number of amides is 1. The molecule has 1 amide bonds. The van der Waals surface area contributed by atoms with Crippen LogP contribution in [0.1, 0.15) is 43.0 Å². The summed E-state index contributed by atoms with van der Waals surface area (Å²) in [5.41, 5.74) is 1.78. The fraction of sp³-hybridized carbons (Fsp3) is 0.438. The van der Waals surface area contributed by atoms with E-state index in [4.69, 9.17) is 0 Å². The first-order valence-corrected chi connectivity index (χ1v) is 7.77. The summed E-state index contributed by atoms with van der Waals surface area (Å²) >= 11 is 0. The van der Waals surface area contributed by atoms with E-state index in [1.165, 1.54) is 6.92 Å². The first-order valence-electron chi connectivity index (χ1n) is 7.77. The number of nitrogens with zero attached hydrogens (tertiary/aromatic N) is 5. The molecule has 1 aliphatic rings. The SMILES string of the molecule is CC(=O)NCc1ccnc(C2CCCN2Cc2cnccn2)n1. The van der Waals surface area contributed by atoms with Gasteiger partial charge in [0, 0.05) is 38.3 Å². The molecule has 2 aromatic rings. The number of likely N-dealkylation sites (tertiary alicyclic amines) is 1. The molecule has 1 saturated heterocycles. The van der Waals surface area contributed by atoms with Gasteiger partial charge in [-0.3, -0.25) is 19.7 Å². The van der Waals surface area contributed by atoms with Crippen LogP contribution in [0.5, 0.6) is 0 Å². The van der Waals surface area contributed by atoms with Crippen LogP contribution in [0.25, 0.3) is 0 Å². The molecule has 0 saturated carbocycles. The van der Waals surface area contributed by atoms with Crippen LogP contribution in [-0.2, 0) is 17.9 Å². The molecule has 120 valence electrons. The molecule has 1 atom stereocenters. The lowest BCUT2D eigenvalue weighted by atomic mass is 10.2. The molecule has 1 aliphatic heterocycles. The van der Waals surface area contributed by atoms with Gasteiger partial charge >= 0.3 is 0 Å². The van der Waals surface area contributed by atoms with Gasteiger partial charge in [0.15, 0.2) is 0 Å². The monoisotopic (exact) mass is 312 g/mol. The number of aromatic nitrogens is 4. The van der Waals surface area contributed by atoms with Crippen molar-refractivity contribution in [3.05, 3.63) is 48.1 Å². The predicted molar refractivity (Wildman–Crippen MR) is 84.0 cm³/mol. The topological polar surface area (TPSA) is 83.9 Å². The van der Waals surface area contributed by atoms with Crippen LogP contribution in [0.4, 0.5) is 0 Å². The van der Waals surface area contributed by atoms with Crippen molar-refractivity contribution in [3.63, 3.8) is 0 Å². The molecular weight excluding hydrogens is 292 g/mol. The van der Waals surface area contributed by atoms with Crippen molar-refractivity contribution >= 4 is 5.91 Å². The lowest BCUT2D eigenvalue weighted by Crippen LogP contribution is -2.26. The molecule has 0 bridgehead atoms. The summed E-state index contributed by atoms with van der Waals surface area (Å²) in [6, 6.07) is 2.02. The van der Waals surface area contributed by atoms with Gasteiger partial charge in [-0.05, 0) is 25.5 Å². The first-order chi connectivity index (χ1) is 11.2. The lowest BCUT2D eigenvalue weighted by molar-refractivity contribution is -0.119. The Hall–Kier alpha value is -2.41. The van der Waals surface area contributed by atoms with Gasteiger partial charge in [0.2, 0.25) is 5.91 Å². The van der Waals surface area contributed by atoms with Crippen LogP contribution in [0.2, 0.25) is 0 Å². The second-order valence-electron chi connectivity index (χ2n) is 5.64. The highest BCUT2D eigenvalue weighted by atomic mass is 16.1. The van der Waals surface area contributed by atoms with Gasteiger partial charge in [-0.15, -0.1) is 0 Å². The summed E-state index contributed by atoms with van der Waals surface area (Å²) < 4.78 is 0. The standard InChI is InChI=1S/C16H20N6O/c1-12(23)20-10-13-4-5-19-16(21-13)15-3-2-8-22(15)11-14-9-17-6-7-18-14/h4-7,9,15H,2-3,8,10-11H2,1H3,(H,20,23). The van der Waals surface area contributed by atoms with Crippen molar-refractivity contribution in [1.29, 1.82) is 0 Å². The van der Waals surface area contributed by atoms with Crippen LogP contribution in [0, 0.1) is 0 Å². The summed E-state index contributed by atoms with van der Waals surface area (Å²) in [4.78, 5) is 30.9. The molecule has 1 N–H and O–H groups in total. The molecule has 0 aliphatic carbocycles. The second kappa shape index (κ2) is 7.23. The van der Waals surface area contributed by atoms with E-state index in [0.29, 0.717) is 6.54 Å². The van der Waals surface area contributed by atoms with E-state index in [9.17, 15) is 4.79 Å². The van der Waals surface area contributed by atoms with E-state index < -0.39 is 0 Å². The predicted octanol–water partition coefficient (Wildman–Crippen LogP) is 1.24. The minimum Gasteiger partial charge on any atom is -0.351 e. The van der Waals surface area contributed by atoms with E-state index in [0.717, 1.165) is 43.1 Å². The third kappa shape index (κ3) is 4.07. The normalized spacial score (nSPS) is 18.0. The Balaban J connectivity index is 1.72. The van der Waals surface area contributed by atoms with E-state index in [-0.39, 0.29) is 11.9 Å². The van der Waals surface area contributed by atoms with Gasteiger partial charge in [0.1, 0.15) is 5.82 Å². The van der Waals surface area contributed by atoms with Gasteiger partial charge in [-0.1, -0.05) is 0 Å². The summed E-state index contributed by atoms with van der Waals surface area (Å²) in [6.45, 7) is 3.68. The van der Waals surface area contributed by atoms with Gasteiger partial charge in [-0.25, -0.2) is 9.97 Å². The average Bonchev–Trinajstić information content (AvgIpc) is 3.02. The van der Waals surface area contributed by atoms with Crippen molar-refractivity contribution < 1.29 is 4.79 Å². The van der Waals surface area contributed by atoms with E-state index >= 15 is 0 Å². The van der Waals surface area contributed by atoms with Gasteiger partial charge in [-0.2, -0.15) is 0 Å². The molecule has 23 heavy (non-hydrogen) atoms. The quantitative estimate of drug-likeness (QED) is 0.894. The zero-order chi connectivity index (χ0) is 16.1. The Morgan fingerprint density at radius 3 is 3.00 bits per heavy atom. The zero-order valence-electron chi connectivity index (χ0n) is 13.1. The maximum Gasteiger partial charge on any atom is 0.217 e. The summed E-state index contributed by atoms with van der Waals surface area (Å²) in [7, 11) is 0. The van der Waals surface area contributed by atoms with Crippen molar-refractivity contribution in [2.45, 2.75) is 38.9 Å². The molecule has 0 radical (unpaired) electrons. The van der Waals surface area contributed by atoms with Crippen LogP contribution in [0.3, 0.4) is 0 Å². The molecule has 7 heteroatoms. The summed E-state index contributed by atoms with van der Waals surface area (Å²) in [5.74, 6) is 0.754. The maximum absolute atomic E-state index is 11.0. The molecule has 1 fully saturated rings. The van der Waals surface area contributed by atoms with Gasteiger partial charge in [0.25, 0.3) is 0 Å². The second-order valence-corrected chi connectivity index (χ2v) is 5.64. The number of hydrogen-bond acceptors (Lipinski definition) is 6. The van der Waals surface area contributed by atoms with E-state index in [2.05, 4.69) is 30.2 Å². The molecule has 0 spiro atoms. The van der Waals surface area contributed by atoms with Crippen molar-refractivity contribution in [3.8, 4) is 0 Å². The molecular formula is C16H20N6O. The number of hydrogen-bond donors (Lipinski definition) is 1. The fourth-order valence-electron chi connectivity index (χ4n) is 2.81. The Morgan fingerprint density at radius 2 is 2.22 bits per heavy atom. The zero-order valence-corrected chi connectivity index (χ0v) is 13.1. The maximum atomic E-state index is 11.0. The van der Waals surface area contributed by atoms with E-state index in [1.807, 2.05) is 6.07 Å². The highest BCUT2D eigenvalue weighted by molar-refractivity contribution is 5.72. The summed E-state index contributed by atoms with van der Waals surface area (Å²) in [5, 5.41) is 2.77. The third-order valence-corrected chi connectivity index (χ3v) is 3.89. The molecule has 0 aromatic carbocycles. The fourth-order valence-corrected chi connectivity index (χ4v) is 2.81. The van der Waals surface area contributed by atoms with E-state index in [1.54, 1.807) is 24.8 Å². The molecule has 1 unspecified atom stereocenters. The minimum absolute atomic E-state index is 0.0599. The van der Waals surface area contributed by atoms with Crippen molar-refractivity contribution in [2.24, 2.45) is 0 Å². The van der Waals surface area contributed by atoms with Crippen molar-refractivity contribution in [2.75, 3.05) is 6.54 Å². The van der Waals surface area contributed by atoms with Crippen LogP contribution >= 0.6 is 0 Å². The molecule has 3 heterocycles. The number of rotatable bonds is 5. The highest BCUT2D eigenvalue weighted by Crippen LogP contribution is 2.30. The number of nitrogens with one attached hydrogen (secondary N) is 1. The average molecular weight is 312 g/mol. The Kier molecular flexibility index (Phi) is 4.87.